The molecule has 0 amide bonds. The fourth-order valence-electron chi connectivity index (χ4n) is 1.79. The van der Waals surface area contributed by atoms with Gasteiger partial charge in [0.25, 0.3) is 0 Å². The number of carbonyl (C=O) groups is 1. The summed E-state index contributed by atoms with van der Waals surface area (Å²) in [6.45, 7) is 0. The second-order valence-corrected chi connectivity index (χ2v) is 4.32. The number of benzene rings is 1. The van der Waals surface area contributed by atoms with Crippen molar-refractivity contribution in [3.63, 3.8) is 0 Å². The number of hydrogen-bond donors (Lipinski definition) is 0. The van der Waals surface area contributed by atoms with Crippen molar-refractivity contribution in [3.8, 4) is 0 Å². The van der Waals surface area contributed by atoms with Gasteiger partial charge in [-0.05, 0) is 17.0 Å². The second-order valence-electron chi connectivity index (χ2n) is 3.40. The highest BCUT2D eigenvalue weighted by molar-refractivity contribution is 7.12. The highest BCUT2D eigenvalue weighted by atomic mass is 32.1. The van der Waals surface area contributed by atoms with Crippen LogP contribution in [-0.4, -0.2) is 5.97 Å². The Morgan fingerprint density at radius 2 is 1.93 bits per heavy atom. The van der Waals surface area contributed by atoms with Crippen molar-refractivity contribution >= 4 is 17.3 Å². The zero-order valence-electron chi connectivity index (χ0n) is 7.84. The van der Waals surface area contributed by atoms with Crippen LogP contribution >= 0.6 is 11.3 Å². The molecule has 15 heavy (non-hydrogen) atoms. The van der Waals surface area contributed by atoms with E-state index < -0.39 is 0 Å². The summed E-state index contributed by atoms with van der Waals surface area (Å²) in [6.07, 6.45) is -0.208. The Hall–Kier alpha value is -1.61. The quantitative estimate of drug-likeness (QED) is 0.685. The molecule has 0 spiro atoms. The maximum Gasteiger partial charge on any atom is 0.349 e. The zero-order valence-corrected chi connectivity index (χ0v) is 8.66. The Balaban J connectivity index is 2.09. The van der Waals surface area contributed by atoms with Gasteiger partial charge in [0.15, 0.2) is 6.10 Å². The standard InChI is InChI=1S/C12H8O2S/c13-12-11-9(6-7-15-11)10(14-12)8-4-2-1-3-5-8/h1-7,10H. The molecule has 1 atom stereocenters. The molecule has 1 unspecified atom stereocenters. The van der Waals surface area contributed by atoms with Gasteiger partial charge in [-0.15, -0.1) is 11.3 Å². The SMILES string of the molecule is O=C1OC(c2ccccc2)c2ccsc21. The first-order valence-corrected chi connectivity index (χ1v) is 5.57. The average molecular weight is 216 g/mol. The summed E-state index contributed by atoms with van der Waals surface area (Å²) in [6, 6.07) is 11.8. The minimum absolute atomic E-state index is 0.200. The lowest BCUT2D eigenvalue weighted by Gasteiger charge is -2.09. The van der Waals surface area contributed by atoms with Crippen LogP contribution in [0.4, 0.5) is 0 Å². The molecule has 3 heteroatoms. The van der Waals surface area contributed by atoms with Crippen LogP contribution < -0.4 is 0 Å². The molecule has 1 aromatic carbocycles. The van der Waals surface area contributed by atoms with Crippen LogP contribution in [0.5, 0.6) is 0 Å². The van der Waals surface area contributed by atoms with Crippen LogP contribution in [0.2, 0.25) is 0 Å². The molecule has 1 aliphatic rings. The Morgan fingerprint density at radius 3 is 2.73 bits per heavy atom. The van der Waals surface area contributed by atoms with Gasteiger partial charge < -0.3 is 4.74 Å². The van der Waals surface area contributed by atoms with Gasteiger partial charge in [0, 0.05) is 5.56 Å². The molecule has 0 bridgehead atoms. The first-order valence-electron chi connectivity index (χ1n) is 4.69. The number of thiophene rings is 1. The molecule has 0 radical (unpaired) electrons. The van der Waals surface area contributed by atoms with Crippen LogP contribution in [0.15, 0.2) is 41.8 Å². The van der Waals surface area contributed by atoms with E-state index in [1.165, 1.54) is 11.3 Å². The molecular formula is C12H8O2S. The highest BCUT2D eigenvalue weighted by Gasteiger charge is 2.33. The monoisotopic (exact) mass is 216 g/mol. The maximum absolute atomic E-state index is 11.5. The van der Waals surface area contributed by atoms with Gasteiger partial charge in [0.1, 0.15) is 4.88 Å². The molecule has 2 nitrogen and oxygen atoms in total. The summed E-state index contributed by atoms with van der Waals surface area (Å²) in [7, 11) is 0. The molecule has 2 aromatic rings. The van der Waals surface area contributed by atoms with Crippen LogP contribution in [-0.2, 0) is 4.74 Å². The van der Waals surface area contributed by atoms with E-state index in [2.05, 4.69) is 0 Å². The average Bonchev–Trinajstić information content (AvgIpc) is 2.84. The topological polar surface area (TPSA) is 26.3 Å². The number of fused-ring (bicyclic) bond motifs is 1. The summed E-state index contributed by atoms with van der Waals surface area (Å²) < 4.78 is 5.33. The van der Waals surface area contributed by atoms with Crippen molar-refractivity contribution < 1.29 is 9.53 Å². The lowest BCUT2D eigenvalue weighted by Crippen LogP contribution is -2.00. The van der Waals surface area contributed by atoms with Crippen molar-refractivity contribution in [3.05, 3.63) is 57.8 Å². The van der Waals surface area contributed by atoms with E-state index in [0.29, 0.717) is 0 Å². The fourth-order valence-corrected chi connectivity index (χ4v) is 2.60. The van der Waals surface area contributed by atoms with Gasteiger partial charge in [-0.1, -0.05) is 30.3 Å². The van der Waals surface area contributed by atoms with E-state index in [4.69, 9.17) is 4.74 Å². The van der Waals surface area contributed by atoms with Crippen molar-refractivity contribution in [1.82, 2.24) is 0 Å². The Morgan fingerprint density at radius 1 is 1.13 bits per heavy atom. The molecule has 0 fully saturated rings. The third-order valence-corrected chi connectivity index (χ3v) is 3.40. The van der Waals surface area contributed by atoms with Gasteiger partial charge in [0.2, 0.25) is 0 Å². The Bertz CT molecular complexity index is 501. The molecule has 3 rings (SSSR count). The summed E-state index contributed by atoms with van der Waals surface area (Å²) in [4.78, 5) is 12.2. The van der Waals surface area contributed by atoms with Crippen LogP contribution in [0.3, 0.4) is 0 Å². The van der Waals surface area contributed by atoms with E-state index in [9.17, 15) is 4.79 Å². The number of rotatable bonds is 1. The molecule has 1 aliphatic heterocycles. The van der Waals surface area contributed by atoms with Crippen molar-refractivity contribution in [1.29, 1.82) is 0 Å². The van der Waals surface area contributed by atoms with Crippen LogP contribution in [0.25, 0.3) is 0 Å². The largest absolute Gasteiger partial charge is 0.448 e. The lowest BCUT2D eigenvalue weighted by molar-refractivity contribution is 0.0458. The van der Waals surface area contributed by atoms with E-state index in [0.717, 1.165) is 16.0 Å². The molecule has 2 heterocycles. The van der Waals surface area contributed by atoms with Crippen LogP contribution in [0.1, 0.15) is 26.9 Å². The first kappa shape index (κ1) is 8.68. The van der Waals surface area contributed by atoms with Crippen molar-refractivity contribution in [2.75, 3.05) is 0 Å². The lowest BCUT2D eigenvalue weighted by atomic mass is 10.0. The summed E-state index contributed by atoms with van der Waals surface area (Å²) in [5.74, 6) is -0.200. The third kappa shape index (κ3) is 1.27. The third-order valence-electron chi connectivity index (χ3n) is 2.49. The van der Waals surface area contributed by atoms with Gasteiger partial charge in [-0.3, -0.25) is 0 Å². The van der Waals surface area contributed by atoms with Gasteiger partial charge in [-0.2, -0.15) is 0 Å². The maximum atomic E-state index is 11.5. The minimum atomic E-state index is -0.208. The van der Waals surface area contributed by atoms with Gasteiger partial charge >= 0.3 is 5.97 Å². The number of ether oxygens (including phenoxy) is 1. The smallest absolute Gasteiger partial charge is 0.349 e. The number of esters is 1. The molecule has 1 aromatic heterocycles. The number of hydrogen-bond acceptors (Lipinski definition) is 3. The zero-order chi connectivity index (χ0) is 10.3. The van der Waals surface area contributed by atoms with Crippen molar-refractivity contribution in [2.24, 2.45) is 0 Å². The summed E-state index contributed by atoms with van der Waals surface area (Å²) >= 11 is 1.44. The second kappa shape index (κ2) is 3.21. The number of cyclic esters (lactones) is 1. The van der Waals surface area contributed by atoms with Gasteiger partial charge in [-0.25, -0.2) is 4.79 Å². The first-order chi connectivity index (χ1) is 7.36. The molecule has 0 saturated carbocycles. The Kier molecular flexibility index (Phi) is 1.86. The van der Waals surface area contributed by atoms with E-state index in [1.54, 1.807) is 0 Å². The summed E-state index contributed by atoms with van der Waals surface area (Å²) in [5, 5.41) is 1.93. The predicted molar refractivity (Wildman–Crippen MR) is 58.0 cm³/mol. The Labute approximate surface area is 91.1 Å². The van der Waals surface area contributed by atoms with E-state index in [1.807, 2.05) is 41.8 Å². The van der Waals surface area contributed by atoms with Crippen molar-refractivity contribution in [2.45, 2.75) is 6.10 Å². The highest BCUT2D eigenvalue weighted by Crippen LogP contribution is 2.38. The molecular weight excluding hydrogens is 208 g/mol. The van der Waals surface area contributed by atoms with Crippen LogP contribution in [0, 0.1) is 0 Å². The molecule has 74 valence electrons. The van der Waals surface area contributed by atoms with E-state index in [-0.39, 0.29) is 12.1 Å². The molecule has 0 N–H and O–H groups in total. The summed E-state index contributed by atoms with van der Waals surface area (Å²) in [5.41, 5.74) is 2.03. The normalized spacial score (nSPS) is 18.7. The predicted octanol–water partition coefficient (Wildman–Crippen LogP) is 3.01. The molecule has 0 saturated heterocycles. The number of carbonyl (C=O) groups excluding carboxylic acids is 1. The van der Waals surface area contributed by atoms with E-state index >= 15 is 0 Å². The van der Waals surface area contributed by atoms with Gasteiger partial charge in [0.05, 0.1) is 0 Å². The molecule has 0 aliphatic carbocycles. The minimum Gasteiger partial charge on any atom is -0.448 e. The fraction of sp³-hybridized carbons (Fsp3) is 0.0833.